The molecule has 0 radical (unpaired) electrons. The second-order valence-electron chi connectivity index (χ2n) is 3.85. The zero-order valence-electron chi connectivity index (χ0n) is 9.72. The van der Waals surface area contributed by atoms with Crippen LogP contribution in [0.1, 0.15) is 31.9 Å². The van der Waals surface area contributed by atoms with Crippen molar-refractivity contribution in [2.24, 2.45) is 5.73 Å². The Morgan fingerprint density at radius 1 is 1.25 bits per heavy atom. The van der Waals surface area contributed by atoms with E-state index in [4.69, 9.17) is 15.6 Å². The second-order valence-corrected chi connectivity index (χ2v) is 3.85. The van der Waals surface area contributed by atoms with Crippen molar-refractivity contribution in [2.45, 2.75) is 32.4 Å². The van der Waals surface area contributed by atoms with Gasteiger partial charge in [-0.25, -0.2) is 0 Å². The molecule has 0 heterocycles. The minimum atomic E-state index is -0.0944. The summed E-state index contributed by atoms with van der Waals surface area (Å²) < 4.78 is 5.52. The van der Waals surface area contributed by atoms with Gasteiger partial charge in [0, 0.05) is 12.6 Å². The van der Waals surface area contributed by atoms with Gasteiger partial charge in [-0.3, -0.25) is 0 Å². The van der Waals surface area contributed by atoms with Gasteiger partial charge < -0.3 is 15.6 Å². The SMILES string of the molecule is CC(C)Oc1ccc([C@@H](N)CCO)cc1.Cl. The van der Waals surface area contributed by atoms with Crippen LogP contribution in [0.2, 0.25) is 0 Å². The van der Waals surface area contributed by atoms with Gasteiger partial charge in [-0.15, -0.1) is 12.4 Å². The van der Waals surface area contributed by atoms with E-state index in [2.05, 4.69) is 0 Å². The van der Waals surface area contributed by atoms with Crippen molar-refractivity contribution in [2.75, 3.05) is 6.61 Å². The lowest BCUT2D eigenvalue weighted by atomic mass is 10.1. The number of rotatable bonds is 5. The summed E-state index contributed by atoms with van der Waals surface area (Å²) in [6.45, 7) is 4.10. The zero-order chi connectivity index (χ0) is 11.3. The maximum atomic E-state index is 8.77. The van der Waals surface area contributed by atoms with E-state index in [1.807, 2.05) is 38.1 Å². The maximum Gasteiger partial charge on any atom is 0.119 e. The van der Waals surface area contributed by atoms with Crippen molar-refractivity contribution < 1.29 is 9.84 Å². The number of aliphatic hydroxyl groups is 1. The molecule has 1 atom stereocenters. The molecule has 0 fully saturated rings. The summed E-state index contributed by atoms with van der Waals surface area (Å²) in [5.74, 6) is 0.852. The molecule has 0 saturated carbocycles. The highest BCUT2D eigenvalue weighted by Crippen LogP contribution is 2.18. The first-order valence-electron chi connectivity index (χ1n) is 5.26. The average Bonchev–Trinajstić information content (AvgIpc) is 2.18. The van der Waals surface area contributed by atoms with Crippen molar-refractivity contribution in [3.05, 3.63) is 29.8 Å². The number of ether oxygens (including phenoxy) is 1. The average molecular weight is 246 g/mol. The molecule has 4 heteroatoms. The minimum absolute atomic E-state index is 0. The molecular weight excluding hydrogens is 226 g/mol. The van der Waals surface area contributed by atoms with E-state index < -0.39 is 0 Å². The number of benzene rings is 1. The number of hydrogen-bond acceptors (Lipinski definition) is 3. The Hall–Kier alpha value is -0.770. The van der Waals surface area contributed by atoms with Crippen LogP contribution in [0.25, 0.3) is 0 Å². The molecule has 16 heavy (non-hydrogen) atoms. The summed E-state index contributed by atoms with van der Waals surface area (Å²) in [7, 11) is 0. The van der Waals surface area contributed by atoms with E-state index in [0.29, 0.717) is 6.42 Å². The smallest absolute Gasteiger partial charge is 0.119 e. The van der Waals surface area contributed by atoms with Crippen molar-refractivity contribution in [3.8, 4) is 5.75 Å². The van der Waals surface area contributed by atoms with Gasteiger partial charge in [-0.05, 0) is 38.0 Å². The summed E-state index contributed by atoms with van der Waals surface area (Å²) in [5.41, 5.74) is 6.88. The quantitative estimate of drug-likeness (QED) is 0.837. The Morgan fingerprint density at radius 2 is 1.81 bits per heavy atom. The third-order valence-electron chi connectivity index (χ3n) is 2.12. The van der Waals surface area contributed by atoms with E-state index in [-0.39, 0.29) is 31.2 Å². The van der Waals surface area contributed by atoms with Gasteiger partial charge in [0.15, 0.2) is 0 Å². The zero-order valence-corrected chi connectivity index (χ0v) is 10.5. The molecule has 1 aromatic carbocycles. The molecular formula is C12H20ClNO2. The van der Waals surface area contributed by atoms with Crippen LogP contribution in [0.4, 0.5) is 0 Å². The molecule has 3 N–H and O–H groups in total. The Morgan fingerprint density at radius 3 is 2.25 bits per heavy atom. The fourth-order valence-corrected chi connectivity index (χ4v) is 1.37. The van der Waals surface area contributed by atoms with E-state index >= 15 is 0 Å². The Balaban J connectivity index is 0.00000225. The van der Waals surface area contributed by atoms with Crippen molar-refractivity contribution >= 4 is 12.4 Å². The van der Waals surface area contributed by atoms with Crippen LogP contribution < -0.4 is 10.5 Å². The van der Waals surface area contributed by atoms with Crippen LogP contribution in [0, 0.1) is 0 Å². The molecule has 0 aliphatic rings. The van der Waals surface area contributed by atoms with Crippen LogP contribution in [0.3, 0.4) is 0 Å². The summed E-state index contributed by atoms with van der Waals surface area (Å²) in [5, 5.41) is 8.77. The van der Waals surface area contributed by atoms with E-state index in [0.717, 1.165) is 11.3 Å². The Labute approximate surface area is 103 Å². The van der Waals surface area contributed by atoms with Crippen LogP contribution in [0.5, 0.6) is 5.75 Å². The lowest BCUT2D eigenvalue weighted by molar-refractivity contribution is 0.242. The van der Waals surface area contributed by atoms with Crippen molar-refractivity contribution in [1.29, 1.82) is 0 Å². The predicted octanol–water partition coefficient (Wildman–Crippen LogP) is 2.28. The van der Waals surface area contributed by atoms with E-state index in [9.17, 15) is 0 Å². The largest absolute Gasteiger partial charge is 0.491 e. The monoisotopic (exact) mass is 245 g/mol. The lowest BCUT2D eigenvalue weighted by Crippen LogP contribution is -2.12. The molecule has 0 aliphatic carbocycles. The van der Waals surface area contributed by atoms with Crippen LogP contribution in [-0.4, -0.2) is 17.8 Å². The number of hydrogen-bond donors (Lipinski definition) is 2. The van der Waals surface area contributed by atoms with E-state index in [1.54, 1.807) is 0 Å². The summed E-state index contributed by atoms with van der Waals surface area (Å²) in [4.78, 5) is 0. The molecule has 0 amide bonds. The third-order valence-corrected chi connectivity index (χ3v) is 2.12. The molecule has 3 nitrogen and oxygen atoms in total. The molecule has 0 bridgehead atoms. The fraction of sp³-hybridized carbons (Fsp3) is 0.500. The summed E-state index contributed by atoms with van der Waals surface area (Å²) in [6, 6.07) is 7.61. The highest BCUT2D eigenvalue weighted by Gasteiger charge is 2.05. The standard InChI is InChI=1S/C12H19NO2.ClH/c1-9(2)15-11-5-3-10(4-6-11)12(13)7-8-14;/h3-6,9,12,14H,7-8,13H2,1-2H3;1H/t12-;/m0./s1. The molecule has 0 aliphatic heterocycles. The first-order chi connectivity index (χ1) is 7.13. The highest BCUT2D eigenvalue weighted by atomic mass is 35.5. The first-order valence-corrected chi connectivity index (χ1v) is 5.26. The Kier molecular flexibility index (Phi) is 7.13. The minimum Gasteiger partial charge on any atom is -0.491 e. The van der Waals surface area contributed by atoms with E-state index in [1.165, 1.54) is 0 Å². The molecule has 1 rings (SSSR count). The Bertz CT molecular complexity index is 288. The molecule has 1 aromatic rings. The van der Waals surface area contributed by atoms with Crippen LogP contribution in [0.15, 0.2) is 24.3 Å². The van der Waals surface area contributed by atoms with Crippen molar-refractivity contribution in [1.82, 2.24) is 0 Å². The molecule has 0 spiro atoms. The maximum absolute atomic E-state index is 8.77. The van der Waals surface area contributed by atoms with Crippen LogP contribution in [-0.2, 0) is 0 Å². The predicted molar refractivity (Wildman–Crippen MR) is 68.1 cm³/mol. The fourth-order valence-electron chi connectivity index (χ4n) is 1.37. The molecule has 0 unspecified atom stereocenters. The number of aliphatic hydroxyl groups excluding tert-OH is 1. The molecule has 0 saturated heterocycles. The lowest BCUT2D eigenvalue weighted by Gasteiger charge is -2.13. The summed E-state index contributed by atoms with van der Waals surface area (Å²) in [6.07, 6.45) is 0.770. The van der Waals surface area contributed by atoms with Gasteiger partial charge in [-0.2, -0.15) is 0 Å². The number of halogens is 1. The van der Waals surface area contributed by atoms with Gasteiger partial charge in [0.1, 0.15) is 5.75 Å². The molecule has 0 aromatic heterocycles. The number of nitrogens with two attached hydrogens (primary N) is 1. The van der Waals surface area contributed by atoms with Gasteiger partial charge >= 0.3 is 0 Å². The van der Waals surface area contributed by atoms with Gasteiger partial charge in [-0.1, -0.05) is 12.1 Å². The second kappa shape index (κ2) is 7.49. The highest BCUT2D eigenvalue weighted by molar-refractivity contribution is 5.85. The normalized spacial score (nSPS) is 12.1. The van der Waals surface area contributed by atoms with Gasteiger partial charge in [0.25, 0.3) is 0 Å². The van der Waals surface area contributed by atoms with Gasteiger partial charge in [0.05, 0.1) is 6.10 Å². The van der Waals surface area contributed by atoms with Gasteiger partial charge in [0.2, 0.25) is 0 Å². The summed E-state index contributed by atoms with van der Waals surface area (Å²) >= 11 is 0. The van der Waals surface area contributed by atoms with Crippen LogP contribution >= 0.6 is 12.4 Å². The topological polar surface area (TPSA) is 55.5 Å². The molecule has 92 valence electrons. The third kappa shape index (κ3) is 4.84. The van der Waals surface area contributed by atoms with Crippen molar-refractivity contribution in [3.63, 3.8) is 0 Å². The first kappa shape index (κ1) is 15.2.